The molecule has 154 valence electrons. The van der Waals surface area contributed by atoms with Gasteiger partial charge in [-0.3, -0.25) is 15.2 Å². The third-order valence-corrected chi connectivity index (χ3v) is 7.30. The third kappa shape index (κ3) is 3.54. The number of amides is 1. The van der Waals surface area contributed by atoms with Crippen LogP contribution in [0.3, 0.4) is 0 Å². The van der Waals surface area contributed by atoms with Crippen molar-refractivity contribution in [1.29, 1.82) is 5.41 Å². The maximum atomic E-state index is 13.3. The maximum Gasteiger partial charge on any atom is 0.236 e. The first-order valence-corrected chi connectivity index (χ1v) is 11.1. The Kier molecular flexibility index (Phi) is 5.46. The van der Waals surface area contributed by atoms with Gasteiger partial charge in [0.25, 0.3) is 0 Å². The molecule has 0 aliphatic carbocycles. The Morgan fingerprint density at radius 2 is 2.07 bits per heavy atom. The molecule has 1 saturated heterocycles. The van der Waals surface area contributed by atoms with E-state index in [9.17, 15) is 4.79 Å². The summed E-state index contributed by atoms with van der Waals surface area (Å²) in [5.74, 6) is 0.284. The predicted octanol–water partition coefficient (Wildman–Crippen LogP) is 4.86. The summed E-state index contributed by atoms with van der Waals surface area (Å²) in [6.45, 7) is 2.07. The van der Waals surface area contributed by atoms with Gasteiger partial charge in [0, 0.05) is 58.5 Å². The van der Waals surface area contributed by atoms with Gasteiger partial charge in [-0.15, -0.1) is 11.3 Å². The summed E-state index contributed by atoms with van der Waals surface area (Å²) in [4.78, 5) is 24.4. The SMILES string of the molecule is COc1ccc([C@@H]2C(=O)N(C)C(=N)C[C@]2(C)c2cc(-c3cncc(Br)c3)cs2)cn1. The molecular formula is C22H21BrN4O2S. The van der Waals surface area contributed by atoms with Crippen LogP contribution < -0.4 is 4.74 Å². The van der Waals surface area contributed by atoms with Crippen LogP contribution in [0.2, 0.25) is 0 Å². The van der Waals surface area contributed by atoms with E-state index >= 15 is 0 Å². The third-order valence-electron chi connectivity index (χ3n) is 5.66. The number of likely N-dealkylation sites (N-methyl/N-ethyl adjacent to an activating group) is 1. The largest absolute Gasteiger partial charge is 0.481 e. The van der Waals surface area contributed by atoms with Crippen LogP contribution in [0.4, 0.5) is 0 Å². The van der Waals surface area contributed by atoms with Crippen molar-refractivity contribution in [3.8, 4) is 17.0 Å². The van der Waals surface area contributed by atoms with Crippen molar-refractivity contribution in [2.45, 2.75) is 24.7 Å². The molecule has 0 radical (unpaired) electrons. The number of likely N-dealkylation sites (tertiary alicyclic amines) is 1. The highest BCUT2D eigenvalue weighted by molar-refractivity contribution is 9.10. The van der Waals surface area contributed by atoms with E-state index in [0.717, 1.165) is 26.0 Å². The number of thiophene rings is 1. The molecule has 1 aliphatic heterocycles. The molecule has 1 fully saturated rings. The lowest BCUT2D eigenvalue weighted by Crippen LogP contribution is -2.52. The van der Waals surface area contributed by atoms with Crippen molar-refractivity contribution in [2.24, 2.45) is 0 Å². The van der Waals surface area contributed by atoms with Gasteiger partial charge in [0.05, 0.1) is 13.0 Å². The van der Waals surface area contributed by atoms with Gasteiger partial charge >= 0.3 is 0 Å². The highest BCUT2D eigenvalue weighted by atomic mass is 79.9. The van der Waals surface area contributed by atoms with E-state index < -0.39 is 11.3 Å². The first-order valence-electron chi connectivity index (χ1n) is 9.38. The predicted molar refractivity (Wildman–Crippen MR) is 121 cm³/mol. The van der Waals surface area contributed by atoms with Crippen LogP contribution in [0.25, 0.3) is 11.1 Å². The number of amidine groups is 1. The summed E-state index contributed by atoms with van der Waals surface area (Å²) in [6.07, 6.45) is 5.74. The van der Waals surface area contributed by atoms with Gasteiger partial charge in [-0.25, -0.2) is 4.98 Å². The summed E-state index contributed by atoms with van der Waals surface area (Å²) in [5.41, 5.74) is 2.32. The van der Waals surface area contributed by atoms with Crippen molar-refractivity contribution in [1.82, 2.24) is 14.9 Å². The van der Waals surface area contributed by atoms with Crippen LogP contribution >= 0.6 is 27.3 Å². The highest BCUT2D eigenvalue weighted by Crippen LogP contribution is 2.49. The minimum atomic E-state index is -0.556. The zero-order valence-corrected chi connectivity index (χ0v) is 19.3. The Morgan fingerprint density at radius 3 is 2.73 bits per heavy atom. The van der Waals surface area contributed by atoms with Crippen molar-refractivity contribution in [2.75, 3.05) is 14.2 Å². The first kappa shape index (κ1) is 20.7. The Morgan fingerprint density at radius 1 is 1.27 bits per heavy atom. The second-order valence-electron chi connectivity index (χ2n) is 7.60. The van der Waals surface area contributed by atoms with Crippen molar-refractivity contribution in [3.63, 3.8) is 0 Å². The number of ether oxygens (including phenoxy) is 1. The summed E-state index contributed by atoms with van der Waals surface area (Å²) in [7, 11) is 3.23. The molecule has 8 heteroatoms. The Bertz CT molecular complexity index is 1110. The smallest absolute Gasteiger partial charge is 0.236 e. The number of halogens is 1. The van der Waals surface area contributed by atoms with Gasteiger partial charge in [0.15, 0.2) is 0 Å². The van der Waals surface area contributed by atoms with Crippen molar-refractivity contribution < 1.29 is 9.53 Å². The molecule has 30 heavy (non-hydrogen) atoms. The molecule has 2 atom stereocenters. The van der Waals surface area contributed by atoms with E-state index in [-0.39, 0.29) is 5.91 Å². The number of methoxy groups -OCH3 is 1. The summed E-state index contributed by atoms with van der Waals surface area (Å²) < 4.78 is 6.09. The van der Waals surface area contributed by atoms with Crippen LogP contribution in [0.5, 0.6) is 5.88 Å². The average molecular weight is 485 g/mol. The van der Waals surface area contributed by atoms with Crippen LogP contribution in [-0.2, 0) is 10.2 Å². The Labute approximate surface area is 187 Å². The number of hydrogen-bond donors (Lipinski definition) is 1. The molecule has 0 saturated carbocycles. The number of carbonyl (C=O) groups excluding carboxylic acids is 1. The molecule has 3 aromatic heterocycles. The second-order valence-corrected chi connectivity index (χ2v) is 9.42. The Balaban J connectivity index is 1.79. The van der Waals surface area contributed by atoms with E-state index in [4.69, 9.17) is 10.1 Å². The molecule has 1 N–H and O–H groups in total. The number of nitrogens with one attached hydrogen (secondary N) is 1. The summed E-state index contributed by atoms with van der Waals surface area (Å²) in [6, 6.07) is 7.80. The summed E-state index contributed by atoms with van der Waals surface area (Å²) in [5, 5.41) is 10.5. The average Bonchev–Trinajstić information content (AvgIpc) is 3.24. The van der Waals surface area contributed by atoms with Gasteiger partial charge in [-0.2, -0.15) is 0 Å². The van der Waals surface area contributed by atoms with Crippen LogP contribution in [0, 0.1) is 5.41 Å². The fraction of sp³-hybridized carbons (Fsp3) is 0.273. The normalized spacial score (nSPS) is 21.7. The van der Waals surface area contributed by atoms with Gasteiger partial charge in [0.2, 0.25) is 11.8 Å². The molecule has 1 amide bonds. The fourth-order valence-corrected chi connectivity index (χ4v) is 5.42. The molecule has 3 aromatic rings. The standard InChI is InChI=1S/C22H21BrN4O2S/c1-22(17-7-15(12-30-17)14-6-16(23)11-25-9-14)8-18(24)27(2)21(28)20(22)13-4-5-19(29-3)26-10-13/h4-7,9-12,20,24H,8H2,1-3H3/t20-,22-/m1/s1. The van der Waals surface area contributed by atoms with E-state index in [1.807, 2.05) is 18.3 Å². The lowest BCUT2D eigenvalue weighted by molar-refractivity contribution is -0.131. The zero-order valence-electron chi connectivity index (χ0n) is 16.8. The van der Waals surface area contributed by atoms with Crippen molar-refractivity contribution >= 4 is 39.0 Å². The van der Waals surface area contributed by atoms with Gasteiger partial charge in [-0.1, -0.05) is 13.0 Å². The number of aromatic nitrogens is 2. The van der Waals surface area contributed by atoms with Gasteiger partial charge < -0.3 is 9.64 Å². The van der Waals surface area contributed by atoms with Gasteiger partial charge in [-0.05, 0) is 44.6 Å². The van der Waals surface area contributed by atoms with Crippen LogP contribution in [-0.4, -0.2) is 40.8 Å². The number of hydrogen-bond acceptors (Lipinski definition) is 6. The molecule has 0 aromatic carbocycles. The lowest BCUT2D eigenvalue weighted by Gasteiger charge is -2.43. The van der Waals surface area contributed by atoms with Crippen molar-refractivity contribution in [3.05, 3.63) is 63.1 Å². The number of rotatable bonds is 4. The quantitative estimate of drug-likeness (QED) is 0.573. The molecule has 6 nitrogen and oxygen atoms in total. The molecular weight excluding hydrogens is 464 g/mol. The first-order chi connectivity index (χ1) is 14.3. The number of pyridine rings is 2. The molecule has 4 rings (SSSR count). The lowest BCUT2D eigenvalue weighted by atomic mass is 9.67. The van der Waals surface area contributed by atoms with E-state index in [2.05, 4.69) is 44.3 Å². The number of piperidine rings is 1. The van der Waals surface area contributed by atoms with Gasteiger partial charge in [0.1, 0.15) is 5.84 Å². The van der Waals surface area contributed by atoms with E-state index in [1.54, 1.807) is 44.0 Å². The maximum absolute atomic E-state index is 13.3. The Hall–Kier alpha value is -2.58. The molecule has 0 bridgehead atoms. The topological polar surface area (TPSA) is 79.2 Å². The minimum absolute atomic E-state index is 0.0974. The minimum Gasteiger partial charge on any atom is -0.481 e. The summed E-state index contributed by atoms with van der Waals surface area (Å²) >= 11 is 5.08. The van der Waals surface area contributed by atoms with E-state index in [1.165, 1.54) is 4.90 Å². The second kappa shape index (κ2) is 7.92. The van der Waals surface area contributed by atoms with E-state index in [0.29, 0.717) is 18.1 Å². The molecule has 4 heterocycles. The monoisotopic (exact) mass is 484 g/mol. The number of carbonyl (C=O) groups is 1. The number of nitrogens with zero attached hydrogens (tertiary/aromatic N) is 3. The van der Waals surface area contributed by atoms with Crippen LogP contribution in [0.1, 0.15) is 29.7 Å². The molecule has 0 unspecified atom stereocenters. The molecule has 1 aliphatic rings. The molecule has 0 spiro atoms. The zero-order chi connectivity index (χ0) is 21.5. The highest BCUT2D eigenvalue weighted by Gasteiger charge is 2.49. The fourth-order valence-electron chi connectivity index (χ4n) is 3.95. The van der Waals surface area contributed by atoms with Crippen LogP contribution in [0.15, 0.2) is 52.7 Å².